The van der Waals surface area contributed by atoms with Crippen LogP contribution in [0, 0.1) is 5.92 Å². The van der Waals surface area contributed by atoms with Crippen LogP contribution in [0.25, 0.3) is 0 Å². The normalized spacial score (nSPS) is 22.7. The van der Waals surface area contributed by atoms with Crippen LogP contribution in [-0.2, 0) is 15.5 Å². The summed E-state index contributed by atoms with van der Waals surface area (Å²) in [5, 5.41) is 0. The Hall–Kier alpha value is -1.21. The zero-order valence-electron chi connectivity index (χ0n) is 14.4. The standard InChI is InChI=1S/C17H22BF3O3/c1-15(2)16(3,4)24-18(23-15)12-7-8-13(17(19,20)21)14(9-12)22-10-11-5-6-11/h7-9,11H,5-6,10H2,1-4H3. The topological polar surface area (TPSA) is 27.7 Å². The molecule has 3 nitrogen and oxygen atoms in total. The third kappa shape index (κ3) is 3.42. The van der Waals surface area contributed by atoms with Gasteiger partial charge >= 0.3 is 13.3 Å². The van der Waals surface area contributed by atoms with E-state index >= 15 is 0 Å². The molecule has 7 heteroatoms. The first-order valence-electron chi connectivity index (χ1n) is 8.19. The fourth-order valence-electron chi connectivity index (χ4n) is 2.51. The molecule has 132 valence electrons. The molecule has 0 N–H and O–H groups in total. The predicted molar refractivity (Wildman–Crippen MR) is 85.4 cm³/mol. The number of hydrogen-bond donors (Lipinski definition) is 0. The minimum atomic E-state index is -4.45. The molecule has 2 fully saturated rings. The van der Waals surface area contributed by atoms with Crippen molar-refractivity contribution in [2.24, 2.45) is 5.92 Å². The fraction of sp³-hybridized carbons (Fsp3) is 0.647. The summed E-state index contributed by atoms with van der Waals surface area (Å²) in [7, 11) is -0.708. The molecule has 0 aromatic heterocycles. The van der Waals surface area contributed by atoms with E-state index in [1.807, 2.05) is 27.7 Å². The van der Waals surface area contributed by atoms with Gasteiger partial charge in [0.25, 0.3) is 0 Å². The third-order valence-electron chi connectivity index (χ3n) is 5.01. The van der Waals surface area contributed by atoms with Gasteiger partial charge in [0.1, 0.15) is 5.75 Å². The molecule has 3 rings (SSSR count). The lowest BCUT2D eigenvalue weighted by atomic mass is 9.78. The quantitative estimate of drug-likeness (QED) is 0.779. The average Bonchev–Trinajstić information content (AvgIpc) is 3.23. The van der Waals surface area contributed by atoms with Gasteiger partial charge in [-0.15, -0.1) is 0 Å². The molecular weight excluding hydrogens is 320 g/mol. The number of rotatable bonds is 4. The minimum absolute atomic E-state index is 0.151. The molecular formula is C17H22BF3O3. The molecule has 1 aliphatic heterocycles. The van der Waals surface area contributed by atoms with Crippen LogP contribution in [0.5, 0.6) is 5.75 Å². The van der Waals surface area contributed by atoms with E-state index in [1.165, 1.54) is 12.1 Å². The first-order valence-corrected chi connectivity index (χ1v) is 8.19. The molecule has 1 aliphatic carbocycles. The number of ether oxygens (including phenoxy) is 1. The second-order valence-corrected chi connectivity index (χ2v) is 7.60. The van der Waals surface area contributed by atoms with Gasteiger partial charge in [0.05, 0.1) is 23.4 Å². The molecule has 1 saturated carbocycles. The monoisotopic (exact) mass is 342 g/mol. The zero-order chi connectivity index (χ0) is 17.8. The molecule has 0 amide bonds. The van der Waals surface area contributed by atoms with Crippen LogP contribution in [0.4, 0.5) is 13.2 Å². The Labute approximate surface area is 140 Å². The average molecular weight is 342 g/mol. The molecule has 2 aliphatic rings. The summed E-state index contributed by atoms with van der Waals surface area (Å²) in [5.41, 5.74) is -1.32. The first kappa shape index (κ1) is 17.6. The Bertz CT molecular complexity index is 608. The highest BCUT2D eigenvalue weighted by atomic mass is 19.4. The maximum Gasteiger partial charge on any atom is 0.494 e. The lowest BCUT2D eigenvalue weighted by Gasteiger charge is -2.32. The van der Waals surface area contributed by atoms with E-state index in [0.717, 1.165) is 18.9 Å². The van der Waals surface area contributed by atoms with Crippen molar-refractivity contribution < 1.29 is 27.2 Å². The molecule has 0 atom stereocenters. The second-order valence-electron chi connectivity index (χ2n) is 7.60. The van der Waals surface area contributed by atoms with Crippen molar-refractivity contribution in [3.63, 3.8) is 0 Å². The highest BCUT2D eigenvalue weighted by molar-refractivity contribution is 6.62. The summed E-state index contributed by atoms with van der Waals surface area (Å²) >= 11 is 0. The summed E-state index contributed by atoms with van der Waals surface area (Å²) in [5.74, 6) is 0.216. The van der Waals surface area contributed by atoms with Crippen molar-refractivity contribution in [2.75, 3.05) is 6.61 Å². The highest BCUT2D eigenvalue weighted by Gasteiger charge is 2.52. The van der Waals surface area contributed by atoms with E-state index in [2.05, 4.69) is 0 Å². The molecule has 0 unspecified atom stereocenters. The van der Waals surface area contributed by atoms with Crippen LogP contribution in [0.15, 0.2) is 18.2 Å². The van der Waals surface area contributed by atoms with E-state index in [9.17, 15) is 13.2 Å². The molecule has 1 saturated heterocycles. The zero-order valence-corrected chi connectivity index (χ0v) is 14.4. The summed E-state index contributed by atoms with van der Waals surface area (Å²) in [4.78, 5) is 0. The van der Waals surface area contributed by atoms with Crippen LogP contribution in [0.3, 0.4) is 0 Å². The summed E-state index contributed by atoms with van der Waals surface area (Å²) in [6.45, 7) is 7.93. The van der Waals surface area contributed by atoms with Crippen molar-refractivity contribution in [3.8, 4) is 5.75 Å². The van der Waals surface area contributed by atoms with Crippen LogP contribution >= 0.6 is 0 Å². The lowest BCUT2D eigenvalue weighted by Crippen LogP contribution is -2.41. The van der Waals surface area contributed by atoms with Gasteiger partial charge in [0, 0.05) is 0 Å². The van der Waals surface area contributed by atoms with E-state index < -0.39 is 30.1 Å². The molecule has 1 aromatic rings. The van der Waals surface area contributed by atoms with Crippen LogP contribution in [-0.4, -0.2) is 24.9 Å². The van der Waals surface area contributed by atoms with Gasteiger partial charge in [0.15, 0.2) is 0 Å². The molecule has 1 heterocycles. The number of hydrogen-bond acceptors (Lipinski definition) is 3. The van der Waals surface area contributed by atoms with Crippen LogP contribution in [0.1, 0.15) is 46.1 Å². The van der Waals surface area contributed by atoms with Gasteiger partial charge < -0.3 is 14.0 Å². The molecule has 0 radical (unpaired) electrons. The third-order valence-corrected chi connectivity index (χ3v) is 5.01. The van der Waals surface area contributed by atoms with E-state index in [4.69, 9.17) is 14.0 Å². The van der Waals surface area contributed by atoms with Crippen LogP contribution in [0.2, 0.25) is 0 Å². The van der Waals surface area contributed by atoms with Crippen molar-refractivity contribution in [2.45, 2.75) is 57.9 Å². The molecule has 0 spiro atoms. The van der Waals surface area contributed by atoms with Crippen LogP contribution < -0.4 is 10.2 Å². The number of alkyl halides is 3. The second kappa shape index (κ2) is 5.66. The van der Waals surface area contributed by atoms with Gasteiger partial charge in [0.2, 0.25) is 0 Å². The molecule has 1 aromatic carbocycles. The van der Waals surface area contributed by atoms with Crippen molar-refractivity contribution in [1.29, 1.82) is 0 Å². The van der Waals surface area contributed by atoms with Crippen molar-refractivity contribution in [1.82, 2.24) is 0 Å². The smallest absolute Gasteiger partial charge is 0.493 e. The van der Waals surface area contributed by atoms with E-state index in [0.29, 0.717) is 18.0 Å². The Kier molecular flexibility index (Phi) is 4.16. The Morgan fingerprint density at radius 1 is 1.12 bits per heavy atom. The van der Waals surface area contributed by atoms with Crippen molar-refractivity contribution in [3.05, 3.63) is 23.8 Å². The Balaban J connectivity index is 1.88. The highest BCUT2D eigenvalue weighted by Crippen LogP contribution is 2.39. The van der Waals surface area contributed by atoms with Gasteiger partial charge in [-0.05, 0) is 64.1 Å². The summed E-state index contributed by atoms with van der Waals surface area (Å²) in [6, 6.07) is 3.84. The Morgan fingerprint density at radius 2 is 1.71 bits per heavy atom. The molecule has 24 heavy (non-hydrogen) atoms. The largest absolute Gasteiger partial charge is 0.494 e. The van der Waals surface area contributed by atoms with Gasteiger partial charge in [-0.3, -0.25) is 0 Å². The first-order chi connectivity index (χ1) is 11.0. The van der Waals surface area contributed by atoms with E-state index in [1.54, 1.807) is 0 Å². The SMILES string of the molecule is CC1(C)OB(c2ccc(C(F)(F)F)c(OCC3CC3)c2)OC1(C)C. The number of benzene rings is 1. The van der Waals surface area contributed by atoms with E-state index in [-0.39, 0.29) is 5.75 Å². The molecule has 0 bridgehead atoms. The lowest BCUT2D eigenvalue weighted by molar-refractivity contribution is -0.139. The number of halogens is 3. The van der Waals surface area contributed by atoms with Crippen molar-refractivity contribution >= 4 is 12.6 Å². The fourth-order valence-corrected chi connectivity index (χ4v) is 2.51. The minimum Gasteiger partial charge on any atom is -0.493 e. The summed E-state index contributed by atoms with van der Waals surface area (Å²) < 4.78 is 56.9. The maximum atomic E-state index is 13.2. The van der Waals surface area contributed by atoms with Gasteiger partial charge in [-0.1, -0.05) is 6.07 Å². The predicted octanol–water partition coefficient (Wildman–Crippen LogP) is 3.79. The van der Waals surface area contributed by atoms with Gasteiger partial charge in [-0.2, -0.15) is 13.2 Å². The maximum absolute atomic E-state index is 13.2. The summed E-state index contributed by atoms with van der Waals surface area (Å²) in [6.07, 6.45) is -2.43. The Morgan fingerprint density at radius 3 is 2.21 bits per heavy atom. The van der Waals surface area contributed by atoms with Gasteiger partial charge in [-0.25, -0.2) is 0 Å².